The van der Waals surface area contributed by atoms with Gasteiger partial charge in [-0.05, 0) is 42.6 Å². The van der Waals surface area contributed by atoms with Crippen LogP contribution in [0.1, 0.15) is 50.1 Å². The van der Waals surface area contributed by atoms with E-state index in [1.165, 1.54) is 24.2 Å². The van der Waals surface area contributed by atoms with Crippen molar-refractivity contribution in [2.24, 2.45) is 29.6 Å². The number of hydrogen-bond donors (Lipinski definition) is 1. The summed E-state index contributed by atoms with van der Waals surface area (Å²) >= 11 is 0. The summed E-state index contributed by atoms with van der Waals surface area (Å²) in [6.07, 6.45) is 10.9. The molecule has 3 amide bonds. The van der Waals surface area contributed by atoms with E-state index >= 15 is 0 Å². The predicted molar refractivity (Wildman–Crippen MR) is 108 cm³/mol. The Labute approximate surface area is 171 Å². The van der Waals surface area contributed by atoms with Crippen molar-refractivity contribution in [2.75, 3.05) is 6.54 Å². The summed E-state index contributed by atoms with van der Waals surface area (Å²) < 4.78 is 0. The molecule has 5 atom stereocenters. The number of carbonyl (C=O) groups is 3. The summed E-state index contributed by atoms with van der Waals surface area (Å²) in [5.74, 6) is -0.266. The first-order valence-electron chi connectivity index (χ1n) is 11.0. The van der Waals surface area contributed by atoms with E-state index in [1.807, 2.05) is 18.2 Å². The van der Waals surface area contributed by atoms with Gasteiger partial charge in [0, 0.05) is 0 Å². The molecule has 1 heterocycles. The zero-order valence-corrected chi connectivity index (χ0v) is 16.6. The average Bonchev–Trinajstić information content (AvgIpc) is 3.43. The Morgan fingerprint density at radius 2 is 1.59 bits per heavy atom. The van der Waals surface area contributed by atoms with Gasteiger partial charge < -0.3 is 5.32 Å². The third-order valence-electron chi connectivity index (χ3n) is 7.46. The Morgan fingerprint density at radius 1 is 0.966 bits per heavy atom. The number of allylic oxidation sites excluding steroid dienone is 2. The van der Waals surface area contributed by atoms with Crippen molar-refractivity contribution in [1.29, 1.82) is 0 Å². The van der Waals surface area contributed by atoms with Crippen molar-refractivity contribution in [1.82, 2.24) is 10.2 Å². The second-order valence-electron chi connectivity index (χ2n) is 9.12. The Balaban J connectivity index is 1.30. The van der Waals surface area contributed by atoms with E-state index in [4.69, 9.17) is 0 Å². The maximum absolute atomic E-state index is 12.9. The van der Waals surface area contributed by atoms with Crippen LogP contribution in [0.25, 0.3) is 0 Å². The highest BCUT2D eigenvalue weighted by Gasteiger charge is 2.59. The number of nitrogens with one attached hydrogen (secondary N) is 1. The highest BCUT2D eigenvalue weighted by molar-refractivity contribution is 6.08. The molecule has 0 spiro atoms. The SMILES string of the molecule is O=C(CN1C(=O)[C@@H]2[C@H](C1=O)[C@H]1C=C[C@H]2C1)N[C@H](c1ccccc1)C1CCCCC1. The van der Waals surface area contributed by atoms with E-state index in [9.17, 15) is 14.4 Å². The maximum Gasteiger partial charge on any atom is 0.240 e. The lowest BCUT2D eigenvalue weighted by Gasteiger charge is -2.32. The van der Waals surface area contributed by atoms with Gasteiger partial charge in [0.15, 0.2) is 0 Å². The van der Waals surface area contributed by atoms with Crippen LogP contribution in [-0.4, -0.2) is 29.2 Å². The molecule has 1 saturated heterocycles. The lowest BCUT2D eigenvalue weighted by molar-refractivity contribution is -0.144. The molecule has 2 saturated carbocycles. The molecule has 0 radical (unpaired) electrons. The Kier molecular flexibility index (Phi) is 4.76. The minimum Gasteiger partial charge on any atom is -0.347 e. The molecule has 5 heteroatoms. The van der Waals surface area contributed by atoms with Crippen LogP contribution >= 0.6 is 0 Å². The van der Waals surface area contributed by atoms with Gasteiger partial charge >= 0.3 is 0 Å². The molecule has 1 aromatic carbocycles. The van der Waals surface area contributed by atoms with Gasteiger partial charge in [-0.2, -0.15) is 0 Å². The first-order chi connectivity index (χ1) is 14.1. The van der Waals surface area contributed by atoms with Gasteiger partial charge in [-0.1, -0.05) is 61.7 Å². The van der Waals surface area contributed by atoms with E-state index in [-0.39, 0.29) is 54.0 Å². The molecule has 0 unspecified atom stereocenters. The van der Waals surface area contributed by atoms with Crippen molar-refractivity contribution in [3.8, 4) is 0 Å². The third-order valence-corrected chi connectivity index (χ3v) is 7.46. The van der Waals surface area contributed by atoms with Gasteiger partial charge in [-0.15, -0.1) is 0 Å². The average molecular weight is 392 g/mol. The molecule has 4 aliphatic rings. The molecule has 152 valence electrons. The van der Waals surface area contributed by atoms with Gasteiger partial charge in [-0.25, -0.2) is 0 Å². The van der Waals surface area contributed by atoms with E-state index in [2.05, 4.69) is 29.6 Å². The summed E-state index contributed by atoms with van der Waals surface area (Å²) in [5.41, 5.74) is 1.10. The molecule has 2 bridgehead atoms. The van der Waals surface area contributed by atoms with Gasteiger partial charge in [-0.3, -0.25) is 19.3 Å². The number of hydrogen-bond acceptors (Lipinski definition) is 3. The van der Waals surface area contributed by atoms with Gasteiger partial charge in [0.25, 0.3) is 0 Å². The molecule has 1 aliphatic heterocycles. The number of nitrogens with zero attached hydrogens (tertiary/aromatic N) is 1. The van der Waals surface area contributed by atoms with Gasteiger partial charge in [0.05, 0.1) is 17.9 Å². The van der Waals surface area contributed by atoms with Crippen LogP contribution in [0.15, 0.2) is 42.5 Å². The summed E-state index contributed by atoms with van der Waals surface area (Å²) in [5, 5.41) is 3.17. The van der Waals surface area contributed by atoms with Crippen molar-refractivity contribution < 1.29 is 14.4 Å². The monoisotopic (exact) mass is 392 g/mol. The summed E-state index contributed by atoms with van der Waals surface area (Å²) in [6.45, 7) is -0.153. The number of fused-ring (bicyclic) bond motifs is 5. The van der Waals surface area contributed by atoms with Gasteiger partial charge in [0.2, 0.25) is 17.7 Å². The molecule has 3 fully saturated rings. The lowest BCUT2D eigenvalue weighted by atomic mass is 9.81. The smallest absolute Gasteiger partial charge is 0.240 e. The largest absolute Gasteiger partial charge is 0.347 e. The summed E-state index contributed by atoms with van der Waals surface area (Å²) in [7, 11) is 0. The Morgan fingerprint density at radius 3 is 2.21 bits per heavy atom. The third kappa shape index (κ3) is 3.21. The second kappa shape index (κ2) is 7.43. The summed E-state index contributed by atoms with van der Waals surface area (Å²) in [6, 6.07) is 10.0. The van der Waals surface area contributed by atoms with E-state index in [0.717, 1.165) is 24.8 Å². The predicted octanol–water partition coefficient (Wildman–Crippen LogP) is 3.23. The molecule has 5 rings (SSSR count). The zero-order valence-electron chi connectivity index (χ0n) is 16.6. The Bertz CT molecular complexity index is 813. The van der Waals surface area contributed by atoms with Crippen molar-refractivity contribution in [3.63, 3.8) is 0 Å². The molecular weight excluding hydrogens is 364 g/mol. The van der Waals surface area contributed by atoms with Crippen LogP contribution < -0.4 is 5.32 Å². The number of benzene rings is 1. The fraction of sp³-hybridized carbons (Fsp3) is 0.542. The quantitative estimate of drug-likeness (QED) is 0.618. The fourth-order valence-electron chi connectivity index (χ4n) is 6.08. The van der Waals surface area contributed by atoms with Crippen molar-refractivity contribution >= 4 is 17.7 Å². The molecule has 0 aromatic heterocycles. The van der Waals surface area contributed by atoms with Crippen LogP contribution in [-0.2, 0) is 14.4 Å². The molecule has 1 aromatic rings. The Hall–Kier alpha value is -2.43. The van der Waals surface area contributed by atoms with Crippen molar-refractivity contribution in [2.45, 2.75) is 44.6 Å². The van der Waals surface area contributed by atoms with Crippen LogP contribution in [0.5, 0.6) is 0 Å². The lowest BCUT2D eigenvalue weighted by Crippen LogP contribution is -2.44. The van der Waals surface area contributed by atoms with Crippen molar-refractivity contribution in [3.05, 3.63) is 48.0 Å². The standard InChI is InChI=1S/C24H28N2O3/c27-19(14-26-23(28)20-17-11-12-18(13-17)21(20)24(26)29)25-22(15-7-3-1-4-8-15)16-9-5-2-6-10-16/h1,3-4,7-8,11-12,16-18,20-22H,2,5-6,9-10,13-14H2,(H,25,27)/t17-,18-,20-,21+,22+/m0/s1. The number of likely N-dealkylation sites (tertiary alicyclic amines) is 1. The van der Waals surface area contributed by atoms with E-state index in [0.29, 0.717) is 5.92 Å². The normalized spacial score (nSPS) is 31.9. The van der Waals surface area contributed by atoms with Crippen LogP contribution in [0.2, 0.25) is 0 Å². The highest BCUT2D eigenvalue weighted by atomic mass is 16.2. The number of imide groups is 1. The fourth-order valence-corrected chi connectivity index (χ4v) is 6.08. The van der Waals surface area contributed by atoms with Crippen LogP contribution in [0, 0.1) is 29.6 Å². The second-order valence-corrected chi connectivity index (χ2v) is 9.12. The number of amides is 3. The van der Waals surface area contributed by atoms with Crippen LogP contribution in [0.3, 0.4) is 0 Å². The number of carbonyl (C=O) groups excluding carboxylic acids is 3. The summed E-state index contributed by atoms with van der Waals surface area (Å²) in [4.78, 5) is 39.9. The highest BCUT2D eigenvalue weighted by Crippen LogP contribution is 2.52. The zero-order chi connectivity index (χ0) is 20.0. The minimum absolute atomic E-state index is 0.0610. The van der Waals surface area contributed by atoms with Gasteiger partial charge in [0.1, 0.15) is 6.54 Å². The topological polar surface area (TPSA) is 66.5 Å². The first kappa shape index (κ1) is 18.6. The minimum atomic E-state index is -0.242. The van der Waals surface area contributed by atoms with Crippen LogP contribution in [0.4, 0.5) is 0 Å². The van der Waals surface area contributed by atoms with E-state index < -0.39 is 0 Å². The first-order valence-corrected chi connectivity index (χ1v) is 11.0. The maximum atomic E-state index is 12.9. The molecule has 3 aliphatic carbocycles. The molecule has 29 heavy (non-hydrogen) atoms. The number of rotatable bonds is 5. The molecular formula is C24H28N2O3. The molecule has 1 N–H and O–H groups in total. The van der Waals surface area contributed by atoms with E-state index in [1.54, 1.807) is 0 Å². The molecule has 5 nitrogen and oxygen atoms in total.